The number of aromatic nitrogens is 1. The summed E-state index contributed by atoms with van der Waals surface area (Å²) in [4.78, 5) is 4.55. The van der Waals surface area contributed by atoms with Gasteiger partial charge in [-0.3, -0.25) is 0 Å². The largest absolute Gasteiger partial charge is 0.493 e. The van der Waals surface area contributed by atoms with Gasteiger partial charge in [-0.25, -0.2) is 4.98 Å². The quantitative estimate of drug-likeness (QED) is 0.913. The third-order valence-electron chi connectivity index (χ3n) is 3.17. The predicted octanol–water partition coefficient (Wildman–Crippen LogP) is 2.64. The number of nitrogens with one attached hydrogen (secondary N) is 1. The van der Waals surface area contributed by atoms with E-state index in [1.807, 2.05) is 30.3 Å². The van der Waals surface area contributed by atoms with E-state index in [9.17, 15) is 0 Å². The van der Waals surface area contributed by atoms with Crippen molar-refractivity contribution in [3.63, 3.8) is 0 Å². The number of fused-ring (bicyclic) bond motifs is 1. The fourth-order valence-electron chi connectivity index (χ4n) is 2.17. The second-order valence-corrected chi connectivity index (χ2v) is 4.43. The number of anilines is 1. The maximum absolute atomic E-state index is 5.76. The van der Waals surface area contributed by atoms with Gasteiger partial charge in [0.2, 0.25) is 0 Å². The third kappa shape index (κ3) is 2.47. The summed E-state index contributed by atoms with van der Waals surface area (Å²) in [6, 6.07) is 11.8. The Hall–Kier alpha value is -2.23. The molecular formula is C15H16N2O2. The molecule has 0 spiro atoms. The fraction of sp³-hybridized carbons (Fsp3) is 0.267. The topological polar surface area (TPSA) is 43.4 Å². The molecule has 0 radical (unpaired) electrons. The van der Waals surface area contributed by atoms with Gasteiger partial charge >= 0.3 is 0 Å². The summed E-state index contributed by atoms with van der Waals surface area (Å²) >= 11 is 0. The normalized spacial score (nSPS) is 12.7. The molecule has 0 fully saturated rings. The molecule has 0 bridgehead atoms. The summed E-state index contributed by atoms with van der Waals surface area (Å²) in [5.41, 5.74) is 2.19. The van der Waals surface area contributed by atoms with Crippen molar-refractivity contribution in [3.05, 3.63) is 47.7 Å². The Morgan fingerprint density at radius 1 is 1.16 bits per heavy atom. The number of methoxy groups -OCH3 is 1. The first-order valence-corrected chi connectivity index (χ1v) is 6.35. The number of rotatable bonds is 4. The lowest BCUT2D eigenvalue weighted by atomic mass is 10.2. The van der Waals surface area contributed by atoms with Crippen molar-refractivity contribution in [2.24, 2.45) is 0 Å². The van der Waals surface area contributed by atoms with Crippen LogP contribution in [0, 0.1) is 0 Å². The second kappa shape index (κ2) is 5.18. The molecule has 1 aromatic heterocycles. The summed E-state index contributed by atoms with van der Waals surface area (Å²) in [7, 11) is 1.64. The van der Waals surface area contributed by atoms with Crippen molar-refractivity contribution in [3.8, 4) is 11.5 Å². The minimum atomic E-state index is 0.440. The highest BCUT2D eigenvalue weighted by atomic mass is 16.5. The predicted molar refractivity (Wildman–Crippen MR) is 73.8 cm³/mol. The van der Waals surface area contributed by atoms with Gasteiger partial charge in [0.1, 0.15) is 12.4 Å². The van der Waals surface area contributed by atoms with Crippen LogP contribution in [0.2, 0.25) is 0 Å². The van der Waals surface area contributed by atoms with Gasteiger partial charge < -0.3 is 14.8 Å². The number of hydrogen-bond donors (Lipinski definition) is 1. The summed E-state index contributed by atoms with van der Waals surface area (Å²) in [5, 5.41) is 3.27. The average molecular weight is 256 g/mol. The van der Waals surface area contributed by atoms with Gasteiger partial charge in [0, 0.05) is 6.54 Å². The number of nitrogens with zero attached hydrogens (tertiary/aromatic N) is 1. The van der Waals surface area contributed by atoms with E-state index >= 15 is 0 Å². The molecule has 1 aliphatic rings. The van der Waals surface area contributed by atoms with Crippen molar-refractivity contribution in [2.45, 2.75) is 13.0 Å². The third-order valence-corrected chi connectivity index (χ3v) is 3.17. The minimum Gasteiger partial charge on any atom is -0.493 e. The van der Waals surface area contributed by atoms with Crippen LogP contribution in [0.5, 0.6) is 11.5 Å². The van der Waals surface area contributed by atoms with Crippen LogP contribution in [0.25, 0.3) is 0 Å². The van der Waals surface area contributed by atoms with Crippen molar-refractivity contribution in [1.29, 1.82) is 0 Å². The Morgan fingerprint density at radius 2 is 2.00 bits per heavy atom. The Balaban J connectivity index is 1.72. The first kappa shape index (κ1) is 11.8. The van der Waals surface area contributed by atoms with Crippen molar-refractivity contribution >= 4 is 5.82 Å². The highest BCUT2D eigenvalue weighted by Crippen LogP contribution is 2.27. The number of pyridine rings is 1. The van der Waals surface area contributed by atoms with Gasteiger partial charge in [-0.2, -0.15) is 0 Å². The molecule has 0 aliphatic carbocycles. The van der Waals surface area contributed by atoms with Crippen LogP contribution in [0.4, 0.5) is 5.82 Å². The van der Waals surface area contributed by atoms with Gasteiger partial charge in [0.25, 0.3) is 0 Å². The SMILES string of the molecule is COc1ccccc1OCc1ccc2c(n1)NCC2. The molecule has 0 unspecified atom stereocenters. The molecule has 0 amide bonds. The van der Waals surface area contributed by atoms with E-state index in [2.05, 4.69) is 16.4 Å². The smallest absolute Gasteiger partial charge is 0.161 e. The zero-order chi connectivity index (χ0) is 13.1. The lowest BCUT2D eigenvalue weighted by Crippen LogP contribution is -2.01. The van der Waals surface area contributed by atoms with Gasteiger partial charge in [-0.1, -0.05) is 18.2 Å². The van der Waals surface area contributed by atoms with Crippen molar-refractivity contribution in [1.82, 2.24) is 4.98 Å². The molecule has 0 saturated heterocycles. The maximum atomic E-state index is 5.76. The standard InChI is InChI=1S/C15H16N2O2/c1-18-13-4-2-3-5-14(13)19-10-12-7-6-11-8-9-16-15(11)17-12/h2-7H,8-10H2,1H3,(H,16,17). The Morgan fingerprint density at radius 3 is 2.84 bits per heavy atom. The monoisotopic (exact) mass is 256 g/mol. The molecule has 1 N–H and O–H groups in total. The van der Waals surface area contributed by atoms with Crippen LogP contribution in [-0.4, -0.2) is 18.6 Å². The highest BCUT2D eigenvalue weighted by Gasteiger charge is 2.12. The molecule has 4 heteroatoms. The summed E-state index contributed by atoms with van der Waals surface area (Å²) < 4.78 is 11.0. The first-order valence-electron chi connectivity index (χ1n) is 6.35. The van der Waals surface area contributed by atoms with Gasteiger partial charge in [-0.15, -0.1) is 0 Å². The molecule has 98 valence electrons. The van der Waals surface area contributed by atoms with E-state index in [1.54, 1.807) is 7.11 Å². The van der Waals surface area contributed by atoms with Gasteiger partial charge in [0.05, 0.1) is 12.8 Å². The van der Waals surface area contributed by atoms with Gasteiger partial charge in [-0.05, 0) is 30.2 Å². The second-order valence-electron chi connectivity index (χ2n) is 4.43. The van der Waals surface area contributed by atoms with Crippen LogP contribution in [-0.2, 0) is 13.0 Å². The van der Waals surface area contributed by atoms with Crippen LogP contribution >= 0.6 is 0 Å². The van der Waals surface area contributed by atoms with E-state index in [0.717, 1.165) is 36.0 Å². The molecule has 4 nitrogen and oxygen atoms in total. The molecule has 1 aromatic carbocycles. The van der Waals surface area contributed by atoms with E-state index in [4.69, 9.17) is 9.47 Å². The summed E-state index contributed by atoms with van der Waals surface area (Å²) in [5.74, 6) is 2.46. The average Bonchev–Trinajstić information content (AvgIpc) is 2.93. The van der Waals surface area contributed by atoms with E-state index < -0.39 is 0 Å². The maximum Gasteiger partial charge on any atom is 0.161 e. The number of benzene rings is 1. The lowest BCUT2D eigenvalue weighted by Gasteiger charge is -2.10. The van der Waals surface area contributed by atoms with Crippen molar-refractivity contribution in [2.75, 3.05) is 19.0 Å². The van der Waals surface area contributed by atoms with E-state index in [0.29, 0.717) is 6.61 Å². The molecule has 3 rings (SSSR count). The number of hydrogen-bond acceptors (Lipinski definition) is 4. The van der Waals surface area contributed by atoms with E-state index in [-0.39, 0.29) is 0 Å². The molecule has 2 aromatic rings. The number of ether oxygens (including phenoxy) is 2. The number of para-hydroxylation sites is 2. The first-order chi connectivity index (χ1) is 9.36. The van der Waals surface area contributed by atoms with Crippen LogP contribution in [0.1, 0.15) is 11.3 Å². The van der Waals surface area contributed by atoms with E-state index in [1.165, 1.54) is 5.56 Å². The zero-order valence-electron chi connectivity index (χ0n) is 10.8. The summed E-state index contributed by atoms with van der Waals surface area (Å²) in [6.07, 6.45) is 1.05. The molecule has 1 aliphatic heterocycles. The highest BCUT2D eigenvalue weighted by molar-refractivity contribution is 5.49. The molecular weight excluding hydrogens is 240 g/mol. The Bertz CT molecular complexity index is 584. The van der Waals surface area contributed by atoms with Crippen LogP contribution < -0.4 is 14.8 Å². The molecule has 19 heavy (non-hydrogen) atoms. The lowest BCUT2D eigenvalue weighted by molar-refractivity contribution is 0.281. The van der Waals surface area contributed by atoms with Crippen LogP contribution in [0.3, 0.4) is 0 Å². The summed E-state index contributed by atoms with van der Waals surface area (Å²) in [6.45, 7) is 1.41. The molecule has 2 heterocycles. The van der Waals surface area contributed by atoms with Crippen LogP contribution in [0.15, 0.2) is 36.4 Å². The van der Waals surface area contributed by atoms with Gasteiger partial charge in [0.15, 0.2) is 11.5 Å². The fourth-order valence-corrected chi connectivity index (χ4v) is 2.17. The Labute approximate surface area is 112 Å². The molecule has 0 saturated carbocycles. The minimum absolute atomic E-state index is 0.440. The Kier molecular flexibility index (Phi) is 3.23. The molecule has 0 atom stereocenters. The zero-order valence-corrected chi connectivity index (χ0v) is 10.8. The van der Waals surface area contributed by atoms with Crippen molar-refractivity contribution < 1.29 is 9.47 Å².